The molecule has 6 heteroatoms. The number of benzene rings is 1. The van der Waals surface area contributed by atoms with E-state index in [9.17, 15) is 19.5 Å². The number of hydrogen-bond donors (Lipinski definition) is 0. The molecule has 0 saturated carbocycles. The van der Waals surface area contributed by atoms with E-state index in [-0.39, 0.29) is 31.2 Å². The molecule has 0 unspecified atom stereocenters. The van der Waals surface area contributed by atoms with Crippen molar-refractivity contribution in [3.63, 3.8) is 0 Å². The zero-order valence-corrected chi connectivity index (χ0v) is 11.7. The highest BCUT2D eigenvalue weighted by Gasteiger charge is 2.56. The lowest BCUT2D eigenvalue weighted by molar-refractivity contribution is -0.318. The van der Waals surface area contributed by atoms with Gasteiger partial charge in [-0.15, -0.1) is 0 Å². The molecule has 0 bridgehead atoms. The zero-order valence-electron chi connectivity index (χ0n) is 11.7. The Morgan fingerprint density at radius 3 is 2.71 bits per heavy atom. The molecule has 1 atom stereocenters. The van der Waals surface area contributed by atoms with Gasteiger partial charge >= 0.3 is 0 Å². The number of amides is 2. The number of rotatable bonds is 3. The number of aliphatic carboxylic acids is 1. The monoisotopic (exact) mass is 287 g/mol. The van der Waals surface area contributed by atoms with Crippen molar-refractivity contribution in [3.8, 4) is 0 Å². The fourth-order valence-corrected chi connectivity index (χ4v) is 3.28. The molecule has 1 aromatic rings. The van der Waals surface area contributed by atoms with Crippen LogP contribution < -0.4 is 10.0 Å². The molecule has 1 saturated heterocycles. The van der Waals surface area contributed by atoms with E-state index in [0.29, 0.717) is 17.7 Å². The third kappa shape index (κ3) is 1.62. The molecule has 0 N–H and O–H groups in total. The Hall–Kier alpha value is -2.37. The Morgan fingerprint density at radius 2 is 2.05 bits per heavy atom. The summed E-state index contributed by atoms with van der Waals surface area (Å²) in [5.41, 5.74) is -0.960. The number of carbonyl (C=O) groups excluding carboxylic acids is 3. The summed E-state index contributed by atoms with van der Waals surface area (Å²) in [6.07, 6.45) is 0.759. The summed E-state index contributed by atoms with van der Waals surface area (Å²) in [7, 11) is 0. The van der Waals surface area contributed by atoms with Crippen LogP contribution in [0.4, 0.5) is 5.69 Å². The smallest absolute Gasteiger partial charge is 0.258 e. The van der Waals surface area contributed by atoms with Crippen LogP contribution >= 0.6 is 0 Å². The molecular formula is C15H15N2O4-. The number of carboxylic acid groups (broad SMARTS) is 1. The van der Waals surface area contributed by atoms with Crippen LogP contribution in [0.25, 0.3) is 0 Å². The van der Waals surface area contributed by atoms with Gasteiger partial charge in [-0.3, -0.25) is 14.5 Å². The summed E-state index contributed by atoms with van der Waals surface area (Å²) in [6.45, 7) is 2.13. The molecular weight excluding hydrogens is 272 g/mol. The second-order valence-electron chi connectivity index (χ2n) is 5.31. The minimum Gasteiger partial charge on any atom is -0.545 e. The average molecular weight is 287 g/mol. The normalized spacial score (nSPS) is 24.0. The minimum atomic E-state index is -1.68. The Labute approximate surface area is 122 Å². The van der Waals surface area contributed by atoms with Gasteiger partial charge in [0.25, 0.3) is 5.91 Å². The molecule has 110 valence electrons. The van der Waals surface area contributed by atoms with Gasteiger partial charge in [0.2, 0.25) is 5.91 Å². The molecule has 2 heterocycles. The molecule has 0 aliphatic carbocycles. The fourth-order valence-electron chi connectivity index (χ4n) is 3.28. The maximum Gasteiger partial charge on any atom is 0.258 e. The van der Waals surface area contributed by atoms with E-state index in [0.717, 1.165) is 0 Å². The van der Waals surface area contributed by atoms with Crippen LogP contribution in [0.1, 0.15) is 36.5 Å². The molecule has 2 aliphatic rings. The lowest BCUT2D eigenvalue weighted by Gasteiger charge is -2.51. The van der Waals surface area contributed by atoms with E-state index < -0.39 is 11.6 Å². The molecule has 0 radical (unpaired) electrons. The number of fused-ring (bicyclic) bond motifs is 3. The maximum absolute atomic E-state index is 12.7. The van der Waals surface area contributed by atoms with Crippen molar-refractivity contribution in [2.45, 2.75) is 31.8 Å². The molecule has 2 aliphatic heterocycles. The van der Waals surface area contributed by atoms with Gasteiger partial charge in [0, 0.05) is 19.4 Å². The number of para-hydroxylation sites is 1. The highest BCUT2D eigenvalue weighted by molar-refractivity contribution is 6.15. The first kappa shape index (κ1) is 13.6. The first-order valence-corrected chi connectivity index (χ1v) is 6.99. The van der Waals surface area contributed by atoms with Gasteiger partial charge in [0.1, 0.15) is 0 Å². The van der Waals surface area contributed by atoms with Crippen molar-refractivity contribution in [2.24, 2.45) is 0 Å². The first-order valence-electron chi connectivity index (χ1n) is 6.99. The molecule has 21 heavy (non-hydrogen) atoms. The van der Waals surface area contributed by atoms with Crippen molar-refractivity contribution < 1.29 is 19.5 Å². The standard InChI is InChI=1S/C15H16N2O4/c1-2-9-16-13(19)10-5-3-4-6-11(10)17-12(18)7-8-15(16,17)14(20)21/h3-6H,2,7-9H2,1H3,(H,20,21)/p-1/t15-/m0/s1. The van der Waals surface area contributed by atoms with E-state index >= 15 is 0 Å². The van der Waals surface area contributed by atoms with E-state index in [1.165, 1.54) is 9.80 Å². The van der Waals surface area contributed by atoms with Crippen molar-refractivity contribution >= 4 is 23.5 Å². The number of hydrogen-bond acceptors (Lipinski definition) is 4. The minimum absolute atomic E-state index is 0.0637. The highest BCUT2D eigenvalue weighted by Crippen LogP contribution is 2.44. The van der Waals surface area contributed by atoms with Gasteiger partial charge in [-0.05, 0) is 18.6 Å². The number of nitrogens with zero attached hydrogens (tertiary/aromatic N) is 2. The molecule has 3 rings (SSSR count). The molecule has 0 aromatic heterocycles. The third-order valence-electron chi connectivity index (χ3n) is 4.15. The Bertz CT molecular complexity index is 642. The Balaban J connectivity index is 2.27. The van der Waals surface area contributed by atoms with Crippen LogP contribution in [0.15, 0.2) is 24.3 Å². The van der Waals surface area contributed by atoms with E-state index in [2.05, 4.69) is 0 Å². The van der Waals surface area contributed by atoms with Crippen LogP contribution in [0.2, 0.25) is 0 Å². The number of anilines is 1. The second-order valence-corrected chi connectivity index (χ2v) is 5.31. The van der Waals surface area contributed by atoms with E-state index in [1.807, 2.05) is 6.92 Å². The predicted molar refractivity (Wildman–Crippen MR) is 72.2 cm³/mol. The van der Waals surface area contributed by atoms with E-state index in [4.69, 9.17) is 0 Å². The highest BCUT2D eigenvalue weighted by atomic mass is 16.4. The van der Waals surface area contributed by atoms with Crippen molar-refractivity contribution in [3.05, 3.63) is 29.8 Å². The van der Waals surface area contributed by atoms with Gasteiger partial charge in [0.15, 0.2) is 5.66 Å². The molecule has 0 spiro atoms. The molecule has 1 aromatic carbocycles. The van der Waals surface area contributed by atoms with Crippen LogP contribution in [-0.2, 0) is 9.59 Å². The summed E-state index contributed by atoms with van der Waals surface area (Å²) in [5.74, 6) is -2.05. The predicted octanol–water partition coefficient (Wildman–Crippen LogP) is 0.125. The first-order chi connectivity index (χ1) is 10.0. The van der Waals surface area contributed by atoms with Crippen LogP contribution in [0, 0.1) is 0 Å². The quantitative estimate of drug-likeness (QED) is 0.791. The summed E-state index contributed by atoms with van der Waals surface area (Å²) in [4.78, 5) is 39.2. The van der Waals surface area contributed by atoms with Gasteiger partial charge in [-0.1, -0.05) is 19.1 Å². The van der Waals surface area contributed by atoms with Crippen LogP contribution in [-0.4, -0.2) is 34.9 Å². The molecule has 2 amide bonds. The van der Waals surface area contributed by atoms with Gasteiger partial charge < -0.3 is 14.8 Å². The number of carbonyl (C=O) groups is 3. The van der Waals surface area contributed by atoms with Crippen molar-refractivity contribution in [2.75, 3.05) is 11.4 Å². The Morgan fingerprint density at radius 1 is 1.33 bits per heavy atom. The maximum atomic E-state index is 12.7. The van der Waals surface area contributed by atoms with Crippen LogP contribution in [0.5, 0.6) is 0 Å². The number of carboxylic acids is 1. The van der Waals surface area contributed by atoms with Crippen molar-refractivity contribution in [1.29, 1.82) is 0 Å². The lowest BCUT2D eigenvalue weighted by atomic mass is 9.96. The molecule has 1 fully saturated rings. The van der Waals surface area contributed by atoms with Gasteiger partial charge in [0.05, 0.1) is 17.2 Å². The van der Waals surface area contributed by atoms with Crippen molar-refractivity contribution in [1.82, 2.24) is 4.90 Å². The lowest BCUT2D eigenvalue weighted by Crippen LogP contribution is -2.71. The topological polar surface area (TPSA) is 80.8 Å². The van der Waals surface area contributed by atoms with E-state index in [1.54, 1.807) is 24.3 Å². The summed E-state index contributed by atoms with van der Waals surface area (Å²) in [5, 5.41) is 11.8. The third-order valence-corrected chi connectivity index (χ3v) is 4.15. The summed E-state index contributed by atoms with van der Waals surface area (Å²) < 4.78 is 0. The summed E-state index contributed by atoms with van der Waals surface area (Å²) >= 11 is 0. The van der Waals surface area contributed by atoms with Gasteiger partial charge in [-0.25, -0.2) is 0 Å². The Kier molecular flexibility index (Phi) is 2.97. The zero-order chi connectivity index (χ0) is 15.2. The van der Waals surface area contributed by atoms with Crippen LogP contribution in [0.3, 0.4) is 0 Å². The SMILES string of the molecule is CCCN1C(=O)c2ccccc2N2C(=O)CC[C@]12C(=O)[O-]. The molecule has 6 nitrogen and oxygen atoms in total. The average Bonchev–Trinajstić information content (AvgIpc) is 2.82. The summed E-state index contributed by atoms with van der Waals surface area (Å²) in [6, 6.07) is 6.61. The fraction of sp³-hybridized carbons (Fsp3) is 0.400. The second kappa shape index (κ2) is 4.58. The van der Waals surface area contributed by atoms with Gasteiger partial charge in [-0.2, -0.15) is 0 Å². The largest absolute Gasteiger partial charge is 0.545 e.